The zero-order valence-electron chi connectivity index (χ0n) is 11.7. The van der Waals surface area contributed by atoms with Gasteiger partial charge in [0, 0.05) is 24.0 Å². The minimum Gasteiger partial charge on any atom is -0.351 e. The molecular weight excluding hydrogens is 196 g/mol. The lowest BCUT2D eigenvalue weighted by atomic mass is 9.90. The Balaban J connectivity index is 3.05. The van der Waals surface area contributed by atoms with Crippen molar-refractivity contribution in [1.82, 2.24) is 4.90 Å². The summed E-state index contributed by atoms with van der Waals surface area (Å²) in [5.74, 6) is 1.24. The molecule has 0 bridgehead atoms. The standard InChI is InChI=1S/C14H26N2/c1-13(2,3)12-15-10-8-7-9-11-16(12)14(4,5)6/h7,9H,8,10-11H2,1-6H3/b9-7-,15-12-. The Morgan fingerprint density at radius 1 is 1.06 bits per heavy atom. The van der Waals surface area contributed by atoms with E-state index in [2.05, 4.69) is 58.6 Å². The van der Waals surface area contributed by atoms with E-state index in [1.165, 1.54) is 5.84 Å². The first-order chi connectivity index (χ1) is 7.23. The third kappa shape index (κ3) is 3.36. The van der Waals surface area contributed by atoms with Gasteiger partial charge in [-0.05, 0) is 27.2 Å². The summed E-state index contributed by atoms with van der Waals surface area (Å²) in [6, 6.07) is 0. The molecule has 92 valence electrons. The third-order valence-corrected chi connectivity index (χ3v) is 2.75. The molecule has 0 atom stereocenters. The van der Waals surface area contributed by atoms with Gasteiger partial charge < -0.3 is 4.90 Å². The highest BCUT2D eigenvalue weighted by Gasteiger charge is 2.31. The van der Waals surface area contributed by atoms with Crippen LogP contribution in [0.15, 0.2) is 17.1 Å². The van der Waals surface area contributed by atoms with E-state index in [1.54, 1.807) is 0 Å². The van der Waals surface area contributed by atoms with E-state index in [0.717, 1.165) is 19.5 Å². The first-order valence-electron chi connectivity index (χ1n) is 6.20. The van der Waals surface area contributed by atoms with Crippen molar-refractivity contribution in [3.05, 3.63) is 12.2 Å². The second-order valence-corrected chi connectivity index (χ2v) is 6.50. The Hall–Kier alpha value is -0.790. The number of hydrogen-bond acceptors (Lipinski definition) is 2. The van der Waals surface area contributed by atoms with Crippen molar-refractivity contribution >= 4 is 5.84 Å². The van der Waals surface area contributed by atoms with E-state index in [4.69, 9.17) is 4.99 Å². The molecule has 1 aliphatic rings. The Labute approximate surface area is 100 Å². The quantitative estimate of drug-likeness (QED) is 0.573. The van der Waals surface area contributed by atoms with Gasteiger partial charge in [-0.1, -0.05) is 32.9 Å². The van der Waals surface area contributed by atoms with Crippen LogP contribution >= 0.6 is 0 Å². The van der Waals surface area contributed by atoms with Gasteiger partial charge >= 0.3 is 0 Å². The highest BCUT2D eigenvalue weighted by atomic mass is 15.2. The molecule has 0 saturated carbocycles. The molecule has 1 rings (SSSR count). The average molecular weight is 222 g/mol. The van der Waals surface area contributed by atoms with Crippen molar-refractivity contribution in [2.45, 2.75) is 53.5 Å². The van der Waals surface area contributed by atoms with Gasteiger partial charge in [0.1, 0.15) is 5.84 Å². The molecule has 0 saturated heterocycles. The van der Waals surface area contributed by atoms with E-state index in [9.17, 15) is 0 Å². The largest absolute Gasteiger partial charge is 0.351 e. The van der Waals surface area contributed by atoms with Crippen LogP contribution in [0.2, 0.25) is 0 Å². The summed E-state index contributed by atoms with van der Waals surface area (Å²) in [6.07, 6.45) is 5.57. The molecule has 1 heterocycles. The molecule has 0 radical (unpaired) electrons. The average Bonchev–Trinajstić information content (AvgIpc) is 1.96. The molecule has 0 spiro atoms. The molecule has 0 aliphatic carbocycles. The summed E-state index contributed by atoms with van der Waals surface area (Å²) >= 11 is 0. The molecular formula is C14H26N2. The fourth-order valence-corrected chi connectivity index (χ4v) is 1.95. The summed E-state index contributed by atoms with van der Waals surface area (Å²) in [6.45, 7) is 15.4. The molecule has 0 amide bonds. The summed E-state index contributed by atoms with van der Waals surface area (Å²) in [5.41, 5.74) is 0.256. The molecule has 0 N–H and O–H groups in total. The summed E-state index contributed by atoms with van der Waals surface area (Å²) in [4.78, 5) is 7.21. The Morgan fingerprint density at radius 3 is 2.19 bits per heavy atom. The molecule has 0 aromatic heterocycles. The Kier molecular flexibility index (Phi) is 3.82. The molecule has 0 aromatic rings. The van der Waals surface area contributed by atoms with Crippen LogP contribution in [0.1, 0.15) is 48.0 Å². The zero-order chi connectivity index (χ0) is 12.4. The number of amidine groups is 1. The Bertz CT molecular complexity index is 287. The highest BCUT2D eigenvalue weighted by Crippen LogP contribution is 2.26. The van der Waals surface area contributed by atoms with Crippen molar-refractivity contribution in [3.63, 3.8) is 0 Å². The minimum atomic E-state index is 0.123. The molecule has 0 unspecified atom stereocenters. The lowest BCUT2D eigenvalue weighted by Gasteiger charge is -2.42. The van der Waals surface area contributed by atoms with Gasteiger partial charge in [0.05, 0.1) is 0 Å². The van der Waals surface area contributed by atoms with Crippen molar-refractivity contribution in [2.75, 3.05) is 13.1 Å². The van der Waals surface area contributed by atoms with Gasteiger partial charge in [-0.2, -0.15) is 0 Å². The van der Waals surface area contributed by atoms with Crippen LogP contribution in [0.3, 0.4) is 0 Å². The molecule has 0 aromatic carbocycles. The second kappa shape index (κ2) is 4.60. The fraction of sp³-hybridized carbons (Fsp3) is 0.786. The molecule has 2 nitrogen and oxygen atoms in total. The van der Waals surface area contributed by atoms with E-state index < -0.39 is 0 Å². The van der Waals surface area contributed by atoms with Crippen LogP contribution in [0.25, 0.3) is 0 Å². The summed E-state index contributed by atoms with van der Waals surface area (Å²) in [7, 11) is 0. The maximum atomic E-state index is 4.79. The van der Waals surface area contributed by atoms with E-state index in [1.807, 2.05) is 0 Å². The topological polar surface area (TPSA) is 15.6 Å². The molecule has 1 aliphatic heterocycles. The number of hydrogen-bond donors (Lipinski definition) is 0. The lowest BCUT2D eigenvalue weighted by Crippen LogP contribution is -2.50. The van der Waals surface area contributed by atoms with E-state index >= 15 is 0 Å². The number of aliphatic imine (C=N–C) groups is 1. The van der Waals surface area contributed by atoms with Gasteiger partial charge in [-0.3, -0.25) is 4.99 Å². The van der Waals surface area contributed by atoms with Crippen molar-refractivity contribution in [1.29, 1.82) is 0 Å². The number of rotatable bonds is 0. The molecule has 0 fully saturated rings. The normalized spacial score (nSPS) is 24.4. The third-order valence-electron chi connectivity index (χ3n) is 2.75. The second-order valence-electron chi connectivity index (χ2n) is 6.50. The highest BCUT2D eigenvalue weighted by molar-refractivity contribution is 5.88. The monoisotopic (exact) mass is 222 g/mol. The maximum absolute atomic E-state index is 4.79. The van der Waals surface area contributed by atoms with Crippen LogP contribution in [0, 0.1) is 5.41 Å². The van der Waals surface area contributed by atoms with Crippen LogP contribution in [0.5, 0.6) is 0 Å². The van der Waals surface area contributed by atoms with Crippen molar-refractivity contribution in [3.8, 4) is 0 Å². The van der Waals surface area contributed by atoms with Gasteiger partial charge in [-0.25, -0.2) is 0 Å². The van der Waals surface area contributed by atoms with Crippen LogP contribution in [-0.2, 0) is 0 Å². The summed E-state index contributed by atoms with van der Waals surface area (Å²) < 4.78 is 0. The molecule has 16 heavy (non-hydrogen) atoms. The van der Waals surface area contributed by atoms with Gasteiger partial charge in [-0.15, -0.1) is 0 Å². The Morgan fingerprint density at radius 2 is 1.69 bits per heavy atom. The maximum Gasteiger partial charge on any atom is 0.105 e. The van der Waals surface area contributed by atoms with Gasteiger partial charge in [0.25, 0.3) is 0 Å². The van der Waals surface area contributed by atoms with Crippen molar-refractivity contribution < 1.29 is 0 Å². The van der Waals surface area contributed by atoms with E-state index in [-0.39, 0.29) is 11.0 Å². The van der Waals surface area contributed by atoms with Gasteiger partial charge in [0.2, 0.25) is 0 Å². The first kappa shape index (κ1) is 13.3. The lowest BCUT2D eigenvalue weighted by molar-refractivity contribution is 0.234. The van der Waals surface area contributed by atoms with Gasteiger partial charge in [0.15, 0.2) is 0 Å². The number of nitrogens with zero attached hydrogens (tertiary/aromatic N) is 2. The smallest absolute Gasteiger partial charge is 0.105 e. The first-order valence-corrected chi connectivity index (χ1v) is 6.20. The fourth-order valence-electron chi connectivity index (χ4n) is 1.95. The summed E-state index contributed by atoms with van der Waals surface area (Å²) in [5, 5.41) is 0. The zero-order valence-corrected chi connectivity index (χ0v) is 11.7. The van der Waals surface area contributed by atoms with Crippen molar-refractivity contribution in [2.24, 2.45) is 10.4 Å². The van der Waals surface area contributed by atoms with E-state index in [0.29, 0.717) is 0 Å². The predicted molar refractivity (Wildman–Crippen MR) is 72.0 cm³/mol. The molecule has 2 heteroatoms. The van der Waals surface area contributed by atoms with Crippen LogP contribution < -0.4 is 0 Å². The minimum absolute atomic E-state index is 0.123. The predicted octanol–water partition coefficient (Wildman–Crippen LogP) is 3.49. The van der Waals surface area contributed by atoms with Crippen LogP contribution in [-0.4, -0.2) is 29.4 Å². The SMILES string of the molecule is CC(C)(C)/C1=N/CC/C=C\CN1C(C)(C)C. The van der Waals surface area contributed by atoms with Crippen LogP contribution in [0.4, 0.5) is 0 Å².